The highest BCUT2D eigenvalue weighted by Crippen LogP contribution is 2.24. The van der Waals surface area contributed by atoms with E-state index in [0.717, 1.165) is 41.7 Å². The molecule has 2 atom stereocenters. The van der Waals surface area contributed by atoms with Crippen LogP contribution in [-0.4, -0.2) is 39.3 Å². The summed E-state index contributed by atoms with van der Waals surface area (Å²) in [6.45, 7) is 2.24. The number of pyridine rings is 1. The molecule has 0 saturated carbocycles. The molecule has 1 saturated heterocycles. The van der Waals surface area contributed by atoms with E-state index in [-0.39, 0.29) is 17.8 Å². The van der Waals surface area contributed by atoms with Crippen molar-refractivity contribution in [3.8, 4) is 5.75 Å². The van der Waals surface area contributed by atoms with Crippen LogP contribution in [-0.2, 0) is 13.0 Å². The molecule has 3 aromatic rings. The molecule has 0 amide bonds. The second-order valence-corrected chi connectivity index (χ2v) is 6.89. The number of aliphatic hydroxyl groups is 1. The largest absolute Gasteiger partial charge is 0.508 e. The van der Waals surface area contributed by atoms with Gasteiger partial charge in [0, 0.05) is 36.6 Å². The first-order valence-electron chi connectivity index (χ1n) is 8.70. The molecule has 4 nitrogen and oxygen atoms in total. The first kappa shape index (κ1) is 16.1. The molecular weight excluding hydrogens is 312 g/mol. The van der Waals surface area contributed by atoms with Crippen LogP contribution in [0.25, 0.3) is 10.9 Å². The van der Waals surface area contributed by atoms with Crippen LogP contribution in [0, 0.1) is 5.92 Å². The third kappa shape index (κ3) is 3.65. The van der Waals surface area contributed by atoms with Crippen LogP contribution in [0.4, 0.5) is 0 Å². The summed E-state index contributed by atoms with van der Waals surface area (Å²) in [4.78, 5) is 6.97. The first-order valence-corrected chi connectivity index (χ1v) is 8.70. The average molecular weight is 334 g/mol. The Morgan fingerprint density at radius 2 is 1.88 bits per heavy atom. The zero-order chi connectivity index (χ0) is 17.2. The standard InChI is InChI=1S/C21H22N2O2/c24-19-6-3-4-15(10-19)12-23-13-17(21(25)14-23)11-18-9-8-16-5-1-2-7-20(16)22-18/h1-10,17,21,24-25H,11-14H2. The summed E-state index contributed by atoms with van der Waals surface area (Å²) >= 11 is 0. The fourth-order valence-electron chi connectivity index (χ4n) is 3.67. The minimum Gasteiger partial charge on any atom is -0.508 e. The van der Waals surface area contributed by atoms with Gasteiger partial charge in [0.05, 0.1) is 11.6 Å². The van der Waals surface area contributed by atoms with Crippen LogP contribution in [0.1, 0.15) is 11.3 Å². The molecule has 0 bridgehead atoms. The molecule has 1 aromatic heterocycles. The number of likely N-dealkylation sites (tertiary alicyclic amines) is 1. The minimum atomic E-state index is -0.342. The van der Waals surface area contributed by atoms with Gasteiger partial charge in [0.25, 0.3) is 0 Å². The van der Waals surface area contributed by atoms with E-state index in [1.807, 2.05) is 30.3 Å². The van der Waals surface area contributed by atoms with Gasteiger partial charge in [-0.1, -0.05) is 36.4 Å². The van der Waals surface area contributed by atoms with Crippen LogP contribution in [0.5, 0.6) is 5.75 Å². The third-order valence-corrected chi connectivity index (χ3v) is 4.93. The minimum absolute atomic E-state index is 0.186. The molecule has 0 aliphatic carbocycles. The van der Waals surface area contributed by atoms with Gasteiger partial charge in [-0.25, -0.2) is 0 Å². The van der Waals surface area contributed by atoms with Gasteiger partial charge in [0.2, 0.25) is 0 Å². The third-order valence-electron chi connectivity index (χ3n) is 4.93. The van der Waals surface area contributed by atoms with Crippen molar-refractivity contribution in [3.63, 3.8) is 0 Å². The van der Waals surface area contributed by atoms with Gasteiger partial charge in [0.15, 0.2) is 0 Å². The number of phenols is 1. The first-order chi connectivity index (χ1) is 12.2. The highest BCUT2D eigenvalue weighted by molar-refractivity contribution is 5.78. The Hall–Kier alpha value is -2.43. The number of hydrogen-bond donors (Lipinski definition) is 2. The molecule has 2 aromatic carbocycles. The Balaban J connectivity index is 1.44. The smallest absolute Gasteiger partial charge is 0.115 e. The lowest BCUT2D eigenvalue weighted by molar-refractivity contribution is 0.140. The molecule has 1 aliphatic heterocycles. The Kier molecular flexibility index (Phi) is 4.38. The summed E-state index contributed by atoms with van der Waals surface area (Å²) < 4.78 is 0. The molecule has 1 fully saturated rings. The zero-order valence-electron chi connectivity index (χ0n) is 14.0. The Morgan fingerprint density at radius 1 is 1.00 bits per heavy atom. The summed E-state index contributed by atoms with van der Waals surface area (Å²) in [5, 5.41) is 21.2. The van der Waals surface area contributed by atoms with E-state index in [2.05, 4.69) is 23.1 Å². The van der Waals surface area contributed by atoms with Crippen LogP contribution in [0.15, 0.2) is 60.7 Å². The normalized spacial score (nSPS) is 21.0. The number of hydrogen-bond acceptors (Lipinski definition) is 4. The van der Waals surface area contributed by atoms with Crippen molar-refractivity contribution < 1.29 is 10.2 Å². The maximum absolute atomic E-state index is 10.4. The lowest BCUT2D eigenvalue weighted by Crippen LogP contribution is -2.21. The van der Waals surface area contributed by atoms with E-state index in [4.69, 9.17) is 4.98 Å². The maximum Gasteiger partial charge on any atom is 0.115 e. The zero-order valence-corrected chi connectivity index (χ0v) is 14.0. The van der Waals surface area contributed by atoms with E-state index >= 15 is 0 Å². The Bertz CT molecular complexity index is 880. The number of aromatic nitrogens is 1. The predicted molar refractivity (Wildman–Crippen MR) is 98.3 cm³/mol. The molecule has 0 spiro atoms. The van der Waals surface area contributed by atoms with Gasteiger partial charge in [-0.15, -0.1) is 0 Å². The topological polar surface area (TPSA) is 56.6 Å². The fourth-order valence-corrected chi connectivity index (χ4v) is 3.67. The predicted octanol–water partition coefficient (Wildman–Crippen LogP) is 2.98. The van der Waals surface area contributed by atoms with Crippen molar-refractivity contribution in [3.05, 3.63) is 71.9 Å². The van der Waals surface area contributed by atoms with E-state index in [9.17, 15) is 10.2 Å². The number of aromatic hydroxyl groups is 1. The highest BCUT2D eigenvalue weighted by atomic mass is 16.3. The second-order valence-electron chi connectivity index (χ2n) is 6.89. The molecule has 2 unspecified atom stereocenters. The molecule has 4 rings (SSSR count). The van der Waals surface area contributed by atoms with Crippen molar-refractivity contribution in [2.75, 3.05) is 13.1 Å². The monoisotopic (exact) mass is 334 g/mol. The van der Waals surface area contributed by atoms with Crippen LogP contribution in [0.2, 0.25) is 0 Å². The van der Waals surface area contributed by atoms with Gasteiger partial charge < -0.3 is 10.2 Å². The number of benzene rings is 2. The van der Waals surface area contributed by atoms with Gasteiger partial charge in [-0.2, -0.15) is 0 Å². The molecule has 128 valence electrons. The molecular formula is C21H22N2O2. The van der Waals surface area contributed by atoms with E-state index in [1.165, 1.54) is 0 Å². The number of para-hydroxylation sites is 1. The van der Waals surface area contributed by atoms with E-state index in [1.54, 1.807) is 12.1 Å². The number of phenolic OH excluding ortho intramolecular Hbond substituents is 1. The summed E-state index contributed by atoms with van der Waals surface area (Å²) in [6.07, 6.45) is 0.438. The quantitative estimate of drug-likeness (QED) is 0.770. The van der Waals surface area contributed by atoms with Crippen molar-refractivity contribution >= 4 is 10.9 Å². The van der Waals surface area contributed by atoms with Crippen molar-refractivity contribution in [2.24, 2.45) is 5.92 Å². The summed E-state index contributed by atoms with van der Waals surface area (Å²) in [5.74, 6) is 0.472. The van der Waals surface area contributed by atoms with Crippen molar-refractivity contribution in [1.82, 2.24) is 9.88 Å². The Labute approximate surface area is 147 Å². The molecule has 4 heteroatoms. The lowest BCUT2D eigenvalue weighted by Gasteiger charge is -2.16. The number of aliphatic hydroxyl groups excluding tert-OH is 1. The van der Waals surface area contributed by atoms with Crippen LogP contribution in [0.3, 0.4) is 0 Å². The van der Waals surface area contributed by atoms with Gasteiger partial charge in [0.1, 0.15) is 5.75 Å². The summed E-state index contributed by atoms with van der Waals surface area (Å²) in [5.41, 5.74) is 3.10. The maximum atomic E-state index is 10.4. The van der Waals surface area contributed by atoms with E-state index in [0.29, 0.717) is 6.54 Å². The van der Waals surface area contributed by atoms with Crippen molar-refractivity contribution in [1.29, 1.82) is 0 Å². The van der Waals surface area contributed by atoms with Crippen molar-refractivity contribution in [2.45, 2.75) is 19.1 Å². The average Bonchev–Trinajstić information content (AvgIpc) is 2.94. The molecule has 2 N–H and O–H groups in total. The number of nitrogens with zero attached hydrogens (tertiary/aromatic N) is 2. The van der Waals surface area contributed by atoms with Crippen LogP contribution >= 0.6 is 0 Å². The SMILES string of the molecule is Oc1cccc(CN2CC(O)C(Cc3ccc4ccccc4n3)C2)c1. The van der Waals surface area contributed by atoms with Gasteiger partial charge in [-0.05, 0) is 36.2 Å². The van der Waals surface area contributed by atoms with Crippen LogP contribution < -0.4 is 0 Å². The lowest BCUT2D eigenvalue weighted by atomic mass is 9.99. The highest BCUT2D eigenvalue weighted by Gasteiger charge is 2.31. The van der Waals surface area contributed by atoms with E-state index < -0.39 is 0 Å². The summed E-state index contributed by atoms with van der Waals surface area (Å²) in [6, 6.07) is 19.6. The second kappa shape index (κ2) is 6.82. The molecule has 0 radical (unpaired) electrons. The number of fused-ring (bicyclic) bond motifs is 1. The number of rotatable bonds is 4. The molecule has 25 heavy (non-hydrogen) atoms. The molecule has 2 heterocycles. The Morgan fingerprint density at radius 3 is 2.76 bits per heavy atom. The molecule has 1 aliphatic rings. The van der Waals surface area contributed by atoms with Gasteiger partial charge >= 0.3 is 0 Å². The van der Waals surface area contributed by atoms with Gasteiger partial charge in [-0.3, -0.25) is 9.88 Å². The number of β-amino-alcohol motifs (C(OH)–C–C–N with tert-alkyl or cyclic N) is 1. The summed E-state index contributed by atoms with van der Waals surface area (Å²) in [7, 11) is 0. The fraction of sp³-hybridized carbons (Fsp3) is 0.286.